The molecule has 156 valence electrons. The van der Waals surface area contributed by atoms with Gasteiger partial charge in [-0.05, 0) is 42.0 Å². The van der Waals surface area contributed by atoms with Crippen LogP contribution in [0.15, 0.2) is 24.4 Å². The molecule has 0 aromatic carbocycles. The van der Waals surface area contributed by atoms with Crippen LogP contribution in [0.2, 0.25) is 0 Å². The maximum atomic E-state index is 12.2. The molecule has 29 heavy (non-hydrogen) atoms. The van der Waals surface area contributed by atoms with Gasteiger partial charge in [0, 0.05) is 32.9 Å². The molecule has 2 aromatic rings. The third-order valence-corrected chi connectivity index (χ3v) is 5.28. The molecular weight excluding hydrogens is 368 g/mol. The second-order valence-corrected chi connectivity index (χ2v) is 7.19. The van der Waals surface area contributed by atoms with E-state index in [1.54, 1.807) is 7.05 Å². The number of carbonyl (C=O) groups excluding carboxylic acids is 1. The van der Waals surface area contributed by atoms with Gasteiger partial charge in [-0.2, -0.15) is 0 Å². The minimum absolute atomic E-state index is 0.212. The van der Waals surface area contributed by atoms with E-state index in [0.29, 0.717) is 17.3 Å². The molecule has 8 nitrogen and oxygen atoms in total. The van der Waals surface area contributed by atoms with Crippen molar-refractivity contribution in [2.24, 2.45) is 0 Å². The molecule has 2 aromatic heterocycles. The van der Waals surface area contributed by atoms with E-state index in [9.17, 15) is 4.79 Å². The Hall–Kier alpha value is -2.58. The normalized spacial score (nSPS) is 14.8. The summed E-state index contributed by atoms with van der Waals surface area (Å²) in [6.07, 6.45) is 3.74. The van der Waals surface area contributed by atoms with Crippen LogP contribution in [0.1, 0.15) is 54.2 Å². The topological polar surface area (TPSA) is 92.3 Å². The van der Waals surface area contributed by atoms with E-state index in [2.05, 4.69) is 50.6 Å². The van der Waals surface area contributed by atoms with Crippen LogP contribution < -0.4 is 10.6 Å². The lowest BCUT2D eigenvalue weighted by atomic mass is 9.92. The van der Waals surface area contributed by atoms with Crippen LogP contribution in [0.25, 0.3) is 0 Å². The van der Waals surface area contributed by atoms with Gasteiger partial charge in [0.25, 0.3) is 5.91 Å². The summed E-state index contributed by atoms with van der Waals surface area (Å²) in [4.78, 5) is 19.1. The summed E-state index contributed by atoms with van der Waals surface area (Å²) in [5, 5.41) is 14.2. The minimum Gasteiger partial charge on any atom is -0.379 e. The zero-order chi connectivity index (χ0) is 20.6. The molecule has 8 heteroatoms. The van der Waals surface area contributed by atoms with Crippen molar-refractivity contribution in [3.63, 3.8) is 0 Å². The highest BCUT2D eigenvalue weighted by Gasteiger charge is 2.20. The highest BCUT2D eigenvalue weighted by molar-refractivity contribution is 5.93. The first kappa shape index (κ1) is 21.1. The second-order valence-electron chi connectivity index (χ2n) is 7.19. The van der Waals surface area contributed by atoms with Gasteiger partial charge in [0.05, 0.1) is 13.2 Å². The standard InChI is InChI=1S/C21H30N6O2/c1-4-16(5-2)17-12-19(25-26-20(17)21(28)22-3)24-18-7-6-15(13-23-18)14-27-8-10-29-11-9-27/h6-7,12-13,16H,4-5,8-11,14H2,1-3H3,(H,22,28)(H,23,24,25). The molecular formula is C21H30N6O2. The molecule has 3 heterocycles. The number of anilines is 2. The molecule has 0 saturated carbocycles. The van der Waals surface area contributed by atoms with Crippen LogP contribution in [0.3, 0.4) is 0 Å². The molecule has 2 N–H and O–H groups in total. The van der Waals surface area contributed by atoms with Crippen molar-refractivity contribution in [3.8, 4) is 0 Å². The van der Waals surface area contributed by atoms with Gasteiger partial charge in [-0.25, -0.2) is 4.98 Å². The Morgan fingerprint density at radius 2 is 1.93 bits per heavy atom. The number of nitrogens with one attached hydrogen (secondary N) is 2. The van der Waals surface area contributed by atoms with E-state index in [-0.39, 0.29) is 11.8 Å². The molecule has 0 atom stereocenters. The second kappa shape index (κ2) is 10.3. The third kappa shape index (κ3) is 5.48. The number of carbonyl (C=O) groups is 1. The Balaban J connectivity index is 1.73. The molecule has 1 amide bonds. The third-order valence-electron chi connectivity index (χ3n) is 5.28. The van der Waals surface area contributed by atoms with Gasteiger partial charge in [-0.3, -0.25) is 9.69 Å². The summed E-state index contributed by atoms with van der Waals surface area (Å²) in [6, 6.07) is 5.93. The van der Waals surface area contributed by atoms with E-state index >= 15 is 0 Å². The SMILES string of the molecule is CCC(CC)c1cc(Nc2ccc(CN3CCOCC3)cn2)nnc1C(=O)NC. The average molecular weight is 399 g/mol. The Labute approximate surface area is 172 Å². The quantitative estimate of drug-likeness (QED) is 0.706. The number of rotatable bonds is 8. The lowest BCUT2D eigenvalue weighted by molar-refractivity contribution is 0.0341. The Morgan fingerprint density at radius 3 is 2.55 bits per heavy atom. The molecule has 0 aliphatic carbocycles. The van der Waals surface area contributed by atoms with E-state index in [0.717, 1.165) is 56.8 Å². The summed E-state index contributed by atoms with van der Waals surface area (Å²) in [7, 11) is 1.61. The lowest BCUT2D eigenvalue weighted by Gasteiger charge is -2.26. The van der Waals surface area contributed by atoms with Gasteiger partial charge in [0.1, 0.15) is 5.82 Å². The van der Waals surface area contributed by atoms with Crippen LogP contribution in [0.5, 0.6) is 0 Å². The summed E-state index contributed by atoms with van der Waals surface area (Å²) in [6.45, 7) is 8.58. The van der Waals surface area contributed by atoms with Crippen molar-refractivity contribution in [1.29, 1.82) is 0 Å². The van der Waals surface area contributed by atoms with Crippen molar-refractivity contribution in [2.45, 2.75) is 39.2 Å². The Morgan fingerprint density at radius 1 is 1.17 bits per heavy atom. The number of nitrogens with zero attached hydrogens (tertiary/aromatic N) is 4. The summed E-state index contributed by atoms with van der Waals surface area (Å²) in [5.41, 5.74) is 2.47. The van der Waals surface area contributed by atoms with Crippen molar-refractivity contribution in [3.05, 3.63) is 41.2 Å². The van der Waals surface area contributed by atoms with Gasteiger partial charge < -0.3 is 15.4 Å². The molecule has 0 radical (unpaired) electrons. The van der Waals surface area contributed by atoms with Crippen LogP contribution >= 0.6 is 0 Å². The highest BCUT2D eigenvalue weighted by atomic mass is 16.5. The first-order valence-corrected chi connectivity index (χ1v) is 10.3. The fourth-order valence-corrected chi connectivity index (χ4v) is 3.54. The minimum atomic E-state index is -0.212. The van der Waals surface area contributed by atoms with Gasteiger partial charge in [0.15, 0.2) is 11.5 Å². The molecule has 1 fully saturated rings. The number of amides is 1. The first-order valence-electron chi connectivity index (χ1n) is 10.3. The van der Waals surface area contributed by atoms with E-state index in [1.807, 2.05) is 18.3 Å². The Kier molecular flexibility index (Phi) is 7.48. The van der Waals surface area contributed by atoms with Gasteiger partial charge in [-0.1, -0.05) is 19.9 Å². The van der Waals surface area contributed by atoms with Crippen molar-refractivity contribution in [2.75, 3.05) is 38.7 Å². The lowest BCUT2D eigenvalue weighted by Crippen LogP contribution is -2.35. The zero-order valence-corrected chi connectivity index (χ0v) is 17.4. The van der Waals surface area contributed by atoms with Gasteiger partial charge >= 0.3 is 0 Å². The number of hydrogen-bond acceptors (Lipinski definition) is 7. The van der Waals surface area contributed by atoms with Crippen molar-refractivity contribution < 1.29 is 9.53 Å². The summed E-state index contributed by atoms with van der Waals surface area (Å²) >= 11 is 0. The molecule has 0 unspecified atom stereocenters. The molecule has 1 aliphatic heterocycles. The molecule has 1 saturated heterocycles. The van der Waals surface area contributed by atoms with Gasteiger partial charge in [-0.15, -0.1) is 10.2 Å². The number of morpholine rings is 1. The largest absolute Gasteiger partial charge is 0.379 e. The van der Waals surface area contributed by atoms with Crippen LogP contribution in [0.4, 0.5) is 11.6 Å². The predicted molar refractivity (Wildman–Crippen MR) is 112 cm³/mol. The molecule has 1 aliphatic rings. The molecule has 3 rings (SSSR count). The molecule has 0 spiro atoms. The van der Waals surface area contributed by atoms with Crippen molar-refractivity contribution >= 4 is 17.5 Å². The van der Waals surface area contributed by atoms with Crippen LogP contribution in [-0.4, -0.2) is 59.3 Å². The van der Waals surface area contributed by atoms with E-state index < -0.39 is 0 Å². The molecule has 0 bridgehead atoms. The number of ether oxygens (including phenoxy) is 1. The number of hydrogen-bond donors (Lipinski definition) is 2. The Bertz CT molecular complexity index is 801. The zero-order valence-electron chi connectivity index (χ0n) is 17.4. The monoisotopic (exact) mass is 398 g/mol. The van der Waals surface area contributed by atoms with Crippen LogP contribution in [-0.2, 0) is 11.3 Å². The predicted octanol–water partition coefficient (Wildman–Crippen LogP) is 2.71. The van der Waals surface area contributed by atoms with E-state index in [1.165, 1.54) is 0 Å². The average Bonchev–Trinajstić information content (AvgIpc) is 2.76. The fraction of sp³-hybridized carbons (Fsp3) is 0.524. The summed E-state index contributed by atoms with van der Waals surface area (Å²) < 4.78 is 5.39. The fourth-order valence-electron chi connectivity index (χ4n) is 3.54. The highest BCUT2D eigenvalue weighted by Crippen LogP contribution is 2.27. The number of aromatic nitrogens is 3. The first-order chi connectivity index (χ1) is 14.1. The van der Waals surface area contributed by atoms with E-state index in [4.69, 9.17) is 4.74 Å². The maximum absolute atomic E-state index is 12.2. The maximum Gasteiger partial charge on any atom is 0.271 e. The summed E-state index contributed by atoms with van der Waals surface area (Å²) in [5.74, 6) is 1.33. The smallest absolute Gasteiger partial charge is 0.271 e. The van der Waals surface area contributed by atoms with Gasteiger partial charge in [0.2, 0.25) is 0 Å². The van der Waals surface area contributed by atoms with Crippen molar-refractivity contribution in [1.82, 2.24) is 25.4 Å². The number of pyridine rings is 1. The van der Waals surface area contributed by atoms with Crippen LogP contribution in [0, 0.1) is 0 Å².